The van der Waals surface area contributed by atoms with Crippen LogP contribution >= 0.6 is 23.2 Å². The molecule has 0 radical (unpaired) electrons. The van der Waals surface area contributed by atoms with Crippen molar-refractivity contribution in [1.82, 2.24) is 9.97 Å². The standard InChI is InChI=1S/C13H14Cl2FN3/c14-9-6-10(15)11(16)5-8(9)12-7-18-13(19-12)3-1-2-4-17/h5-7H,1-4,17H2,(H,18,19). The zero-order valence-electron chi connectivity index (χ0n) is 10.2. The third-order valence-corrected chi connectivity index (χ3v) is 3.40. The average molecular weight is 302 g/mol. The van der Waals surface area contributed by atoms with Gasteiger partial charge in [0, 0.05) is 12.0 Å². The third-order valence-electron chi connectivity index (χ3n) is 2.80. The smallest absolute Gasteiger partial charge is 0.142 e. The van der Waals surface area contributed by atoms with Gasteiger partial charge in [-0.05, 0) is 31.5 Å². The Morgan fingerprint density at radius 1 is 1.21 bits per heavy atom. The fraction of sp³-hybridized carbons (Fsp3) is 0.308. The van der Waals surface area contributed by atoms with Crippen LogP contribution in [-0.2, 0) is 6.42 Å². The maximum Gasteiger partial charge on any atom is 0.142 e. The lowest BCUT2D eigenvalue weighted by atomic mass is 10.1. The molecule has 102 valence electrons. The van der Waals surface area contributed by atoms with Crippen molar-refractivity contribution in [1.29, 1.82) is 0 Å². The van der Waals surface area contributed by atoms with Crippen LogP contribution in [0.3, 0.4) is 0 Å². The molecule has 0 saturated heterocycles. The summed E-state index contributed by atoms with van der Waals surface area (Å²) in [6.07, 6.45) is 4.37. The molecule has 0 fully saturated rings. The molecule has 3 N–H and O–H groups in total. The predicted octanol–water partition coefficient (Wildman–Crippen LogP) is 3.80. The Hall–Kier alpha value is -1.10. The number of hydrogen-bond acceptors (Lipinski definition) is 2. The van der Waals surface area contributed by atoms with Crippen LogP contribution in [0.4, 0.5) is 4.39 Å². The lowest BCUT2D eigenvalue weighted by Crippen LogP contribution is -1.99. The van der Waals surface area contributed by atoms with E-state index in [-0.39, 0.29) is 5.02 Å². The highest BCUT2D eigenvalue weighted by atomic mass is 35.5. The van der Waals surface area contributed by atoms with Gasteiger partial charge in [-0.15, -0.1) is 0 Å². The monoisotopic (exact) mass is 301 g/mol. The Balaban J connectivity index is 2.20. The number of H-pyrrole nitrogens is 1. The molecule has 0 saturated carbocycles. The van der Waals surface area contributed by atoms with E-state index in [2.05, 4.69) is 9.97 Å². The minimum Gasteiger partial charge on any atom is -0.342 e. The van der Waals surface area contributed by atoms with Crippen molar-refractivity contribution < 1.29 is 4.39 Å². The van der Waals surface area contributed by atoms with Gasteiger partial charge in [0.2, 0.25) is 0 Å². The first-order valence-corrected chi connectivity index (χ1v) is 6.76. The first-order valence-electron chi connectivity index (χ1n) is 6.00. The maximum atomic E-state index is 13.5. The van der Waals surface area contributed by atoms with E-state index in [1.54, 1.807) is 6.20 Å². The van der Waals surface area contributed by atoms with Crippen LogP contribution in [0.1, 0.15) is 18.7 Å². The summed E-state index contributed by atoms with van der Waals surface area (Å²) in [5.74, 6) is 0.343. The van der Waals surface area contributed by atoms with E-state index in [1.165, 1.54) is 12.1 Å². The molecule has 3 nitrogen and oxygen atoms in total. The molecule has 0 atom stereocenters. The fourth-order valence-corrected chi connectivity index (χ4v) is 2.28. The van der Waals surface area contributed by atoms with Crippen molar-refractivity contribution in [2.24, 2.45) is 5.73 Å². The van der Waals surface area contributed by atoms with Gasteiger partial charge in [-0.2, -0.15) is 0 Å². The van der Waals surface area contributed by atoms with Crippen LogP contribution in [0.25, 0.3) is 11.3 Å². The third kappa shape index (κ3) is 3.47. The summed E-state index contributed by atoms with van der Waals surface area (Å²) in [7, 11) is 0. The summed E-state index contributed by atoms with van der Waals surface area (Å²) in [5.41, 5.74) is 6.68. The number of nitrogens with two attached hydrogens (primary N) is 1. The van der Waals surface area contributed by atoms with E-state index in [4.69, 9.17) is 28.9 Å². The van der Waals surface area contributed by atoms with Crippen LogP contribution in [0.2, 0.25) is 10.0 Å². The molecular formula is C13H14Cl2FN3. The quantitative estimate of drug-likeness (QED) is 0.652. The van der Waals surface area contributed by atoms with Crippen LogP contribution in [0, 0.1) is 5.82 Å². The van der Waals surface area contributed by atoms with Crippen LogP contribution in [0.15, 0.2) is 18.3 Å². The van der Waals surface area contributed by atoms with Crippen LogP contribution < -0.4 is 5.73 Å². The summed E-state index contributed by atoms with van der Waals surface area (Å²) >= 11 is 11.7. The number of aromatic nitrogens is 2. The van der Waals surface area contributed by atoms with Crippen LogP contribution in [0.5, 0.6) is 0 Å². The second-order valence-electron chi connectivity index (χ2n) is 4.24. The summed E-state index contributed by atoms with van der Waals surface area (Å²) in [6.45, 7) is 0.668. The van der Waals surface area contributed by atoms with E-state index in [0.717, 1.165) is 25.1 Å². The number of hydrogen-bond donors (Lipinski definition) is 2. The Morgan fingerprint density at radius 2 is 2.00 bits per heavy atom. The zero-order chi connectivity index (χ0) is 13.8. The molecule has 19 heavy (non-hydrogen) atoms. The van der Waals surface area contributed by atoms with Gasteiger partial charge >= 0.3 is 0 Å². The summed E-state index contributed by atoms with van der Waals surface area (Å²) < 4.78 is 13.5. The number of imidazole rings is 1. The van der Waals surface area contributed by atoms with Crippen molar-refractivity contribution in [3.8, 4) is 11.3 Å². The molecule has 6 heteroatoms. The lowest BCUT2D eigenvalue weighted by molar-refractivity contribution is 0.628. The van der Waals surface area contributed by atoms with Crippen molar-refractivity contribution in [2.75, 3.05) is 6.54 Å². The van der Waals surface area contributed by atoms with Gasteiger partial charge in [0.1, 0.15) is 11.6 Å². The maximum absolute atomic E-state index is 13.5. The fourth-order valence-electron chi connectivity index (χ4n) is 1.79. The highest BCUT2D eigenvalue weighted by Crippen LogP contribution is 2.31. The molecular weight excluding hydrogens is 288 g/mol. The van der Waals surface area contributed by atoms with Gasteiger partial charge in [-0.3, -0.25) is 0 Å². The van der Waals surface area contributed by atoms with Gasteiger partial charge in [0.25, 0.3) is 0 Å². The average Bonchev–Trinajstić information content (AvgIpc) is 2.83. The number of benzene rings is 1. The highest BCUT2D eigenvalue weighted by molar-refractivity contribution is 6.36. The van der Waals surface area contributed by atoms with Gasteiger partial charge in [-0.1, -0.05) is 23.2 Å². The van der Waals surface area contributed by atoms with Crippen molar-refractivity contribution in [3.05, 3.63) is 40.0 Å². The van der Waals surface area contributed by atoms with E-state index in [1.807, 2.05) is 0 Å². The van der Waals surface area contributed by atoms with Gasteiger partial charge in [-0.25, -0.2) is 9.37 Å². The lowest BCUT2D eigenvalue weighted by Gasteiger charge is -2.03. The molecule has 1 aromatic carbocycles. The molecule has 1 heterocycles. The molecule has 0 bridgehead atoms. The van der Waals surface area contributed by atoms with Crippen molar-refractivity contribution in [3.63, 3.8) is 0 Å². The number of unbranched alkanes of at least 4 members (excludes halogenated alkanes) is 1. The molecule has 2 rings (SSSR count). The predicted molar refractivity (Wildman–Crippen MR) is 76.0 cm³/mol. The topological polar surface area (TPSA) is 54.7 Å². The SMILES string of the molecule is NCCCCc1ncc(-c2cc(F)c(Cl)cc2Cl)[nH]1. The second kappa shape index (κ2) is 6.37. The minimum absolute atomic E-state index is 0.0106. The number of aryl methyl sites for hydroxylation is 1. The zero-order valence-corrected chi connectivity index (χ0v) is 11.7. The van der Waals surface area contributed by atoms with Crippen molar-refractivity contribution >= 4 is 23.2 Å². The van der Waals surface area contributed by atoms with Crippen LogP contribution in [-0.4, -0.2) is 16.5 Å². The molecule has 0 spiro atoms. The normalized spacial score (nSPS) is 10.9. The first kappa shape index (κ1) is 14.3. The number of nitrogens with zero attached hydrogens (tertiary/aromatic N) is 1. The molecule has 0 amide bonds. The Bertz CT molecular complexity index is 569. The summed E-state index contributed by atoms with van der Waals surface area (Å²) in [5, 5.41) is 0.403. The van der Waals surface area contributed by atoms with Gasteiger partial charge in [0.15, 0.2) is 0 Å². The minimum atomic E-state index is -0.500. The van der Waals surface area contributed by atoms with E-state index >= 15 is 0 Å². The van der Waals surface area contributed by atoms with E-state index in [0.29, 0.717) is 22.8 Å². The molecule has 0 aliphatic heterocycles. The molecule has 2 aromatic rings. The number of rotatable bonds is 5. The summed E-state index contributed by atoms with van der Waals surface area (Å²) in [4.78, 5) is 7.38. The Kier molecular flexibility index (Phi) is 4.80. The highest BCUT2D eigenvalue weighted by Gasteiger charge is 2.11. The molecule has 1 aromatic heterocycles. The number of halogens is 3. The Labute approximate surface area is 120 Å². The van der Waals surface area contributed by atoms with Gasteiger partial charge in [0.05, 0.1) is 21.9 Å². The molecule has 0 unspecified atom stereocenters. The first-order chi connectivity index (χ1) is 9.11. The second-order valence-corrected chi connectivity index (χ2v) is 5.05. The van der Waals surface area contributed by atoms with E-state index in [9.17, 15) is 4.39 Å². The van der Waals surface area contributed by atoms with E-state index < -0.39 is 5.82 Å². The molecule has 0 aliphatic carbocycles. The van der Waals surface area contributed by atoms with Crippen molar-refractivity contribution in [2.45, 2.75) is 19.3 Å². The Morgan fingerprint density at radius 3 is 2.74 bits per heavy atom. The number of nitrogens with one attached hydrogen (secondary N) is 1. The summed E-state index contributed by atoms with van der Waals surface area (Å²) in [6, 6.07) is 2.70. The molecule has 0 aliphatic rings. The van der Waals surface area contributed by atoms with Gasteiger partial charge < -0.3 is 10.7 Å². The number of aromatic amines is 1. The largest absolute Gasteiger partial charge is 0.342 e.